The van der Waals surface area contributed by atoms with Crippen molar-refractivity contribution in [3.05, 3.63) is 50.1 Å². The van der Waals surface area contributed by atoms with Gasteiger partial charge in [0.05, 0.1) is 12.0 Å². The lowest BCUT2D eigenvalue weighted by Crippen LogP contribution is -2.13. The zero-order chi connectivity index (χ0) is 13.1. The molecule has 0 aliphatic rings. The first-order valence-electron chi connectivity index (χ1n) is 5.42. The molecule has 0 saturated carbocycles. The lowest BCUT2D eigenvalue weighted by atomic mass is 10.1. The summed E-state index contributed by atoms with van der Waals surface area (Å²) in [6.07, 6.45) is 0.660. The van der Waals surface area contributed by atoms with Gasteiger partial charge in [-0.1, -0.05) is 29.3 Å². The second-order valence-corrected chi connectivity index (χ2v) is 5.69. The highest BCUT2D eigenvalue weighted by Gasteiger charge is 2.15. The summed E-state index contributed by atoms with van der Waals surface area (Å²) < 4.78 is 5.27. The Balaban J connectivity index is 2.18. The van der Waals surface area contributed by atoms with Gasteiger partial charge in [0, 0.05) is 16.1 Å². The van der Waals surface area contributed by atoms with Crippen LogP contribution in [0.2, 0.25) is 10.0 Å². The van der Waals surface area contributed by atoms with Gasteiger partial charge in [-0.15, -0.1) is 11.3 Å². The predicted octanol–water partition coefficient (Wildman–Crippen LogP) is 4.31. The molecule has 1 unspecified atom stereocenters. The van der Waals surface area contributed by atoms with Gasteiger partial charge in [-0.3, -0.25) is 0 Å². The van der Waals surface area contributed by atoms with Crippen LogP contribution in [-0.2, 0) is 6.42 Å². The van der Waals surface area contributed by atoms with Crippen LogP contribution in [0.25, 0.3) is 0 Å². The maximum Gasteiger partial charge on any atom is 0.134 e. The number of nitrogens with two attached hydrogens (primary N) is 1. The summed E-state index contributed by atoms with van der Waals surface area (Å²) in [6.45, 7) is 0. The maximum atomic E-state index is 6.19. The van der Waals surface area contributed by atoms with Crippen molar-refractivity contribution in [2.75, 3.05) is 7.11 Å². The number of thiophene rings is 1. The Morgan fingerprint density at radius 1 is 1.33 bits per heavy atom. The summed E-state index contributed by atoms with van der Waals surface area (Å²) in [4.78, 5) is 1.03. The molecule has 0 aliphatic carbocycles. The van der Waals surface area contributed by atoms with E-state index in [2.05, 4.69) is 0 Å². The average Bonchev–Trinajstić information content (AvgIpc) is 2.81. The highest BCUT2D eigenvalue weighted by molar-refractivity contribution is 7.10. The van der Waals surface area contributed by atoms with Gasteiger partial charge < -0.3 is 10.5 Å². The molecule has 1 aromatic carbocycles. The Hall–Kier alpha value is -0.740. The first-order chi connectivity index (χ1) is 8.61. The van der Waals surface area contributed by atoms with Crippen molar-refractivity contribution < 1.29 is 4.74 Å². The van der Waals surface area contributed by atoms with Gasteiger partial charge in [0.2, 0.25) is 0 Å². The van der Waals surface area contributed by atoms with E-state index in [9.17, 15) is 0 Å². The molecule has 0 fully saturated rings. The van der Waals surface area contributed by atoms with Crippen LogP contribution in [0.5, 0.6) is 5.75 Å². The van der Waals surface area contributed by atoms with E-state index in [0.717, 1.165) is 16.2 Å². The van der Waals surface area contributed by atoms with Crippen molar-refractivity contribution in [3.8, 4) is 5.75 Å². The van der Waals surface area contributed by atoms with Gasteiger partial charge in [0.15, 0.2) is 0 Å². The van der Waals surface area contributed by atoms with Crippen LogP contribution < -0.4 is 10.5 Å². The Bertz CT molecular complexity index is 542. The number of methoxy groups -OCH3 is 1. The van der Waals surface area contributed by atoms with Gasteiger partial charge in [0.1, 0.15) is 5.75 Å². The standard InChI is InChI=1S/C13H13Cl2NOS/c1-17-12-4-5-18-13(12)11(16)6-8-2-3-9(14)7-10(8)15/h2-5,7,11H,6,16H2,1H3. The smallest absolute Gasteiger partial charge is 0.134 e. The molecule has 2 aromatic rings. The molecular weight excluding hydrogens is 289 g/mol. The fraction of sp³-hybridized carbons (Fsp3) is 0.231. The molecule has 5 heteroatoms. The maximum absolute atomic E-state index is 6.19. The number of ether oxygens (including phenoxy) is 1. The molecule has 0 saturated heterocycles. The van der Waals surface area contributed by atoms with E-state index in [-0.39, 0.29) is 6.04 Å². The minimum absolute atomic E-state index is 0.126. The zero-order valence-electron chi connectivity index (χ0n) is 9.82. The number of hydrogen-bond acceptors (Lipinski definition) is 3. The van der Waals surface area contributed by atoms with E-state index < -0.39 is 0 Å². The minimum Gasteiger partial charge on any atom is -0.496 e. The Morgan fingerprint density at radius 2 is 2.11 bits per heavy atom. The predicted molar refractivity (Wildman–Crippen MR) is 78.0 cm³/mol. The fourth-order valence-corrected chi connectivity index (χ4v) is 3.11. The molecular formula is C13H13Cl2NOS. The second-order valence-electron chi connectivity index (χ2n) is 3.90. The van der Waals surface area contributed by atoms with Crippen LogP contribution in [0.4, 0.5) is 0 Å². The fourth-order valence-electron chi connectivity index (χ4n) is 1.76. The van der Waals surface area contributed by atoms with Gasteiger partial charge in [-0.05, 0) is 35.6 Å². The number of rotatable bonds is 4. The molecule has 0 aliphatic heterocycles. The molecule has 1 atom stereocenters. The van der Waals surface area contributed by atoms with Crippen LogP contribution in [0.3, 0.4) is 0 Å². The Labute approximate surface area is 120 Å². The lowest BCUT2D eigenvalue weighted by Gasteiger charge is -2.13. The summed E-state index contributed by atoms with van der Waals surface area (Å²) in [7, 11) is 1.65. The summed E-state index contributed by atoms with van der Waals surface area (Å²) in [5, 5.41) is 3.25. The van der Waals surface area contributed by atoms with Crippen LogP contribution in [-0.4, -0.2) is 7.11 Å². The van der Waals surface area contributed by atoms with Gasteiger partial charge in [-0.25, -0.2) is 0 Å². The lowest BCUT2D eigenvalue weighted by molar-refractivity contribution is 0.409. The first-order valence-corrected chi connectivity index (χ1v) is 7.06. The topological polar surface area (TPSA) is 35.2 Å². The van der Waals surface area contributed by atoms with Crippen molar-refractivity contribution in [2.45, 2.75) is 12.5 Å². The molecule has 2 rings (SSSR count). The number of halogens is 2. The van der Waals surface area contributed by atoms with E-state index in [1.807, 2.05) is 23.6 Å². The molecule has 18 heavy (non-hydrogen) atoms. The minimum atomic E-state index is -0.126. The van der Waals surface area contributed by atoms with Crippen molar-refractivity contribution >= 4 is 34.5 Å². The molecule has 96 valence electrons. The van der Waals surface area contributed by atoms with E-state index in [4.69, 9.17) is 33.7 Å². The van der Waals surface area contributed by atoms with E-state index in [0.29, 0.717) is 16.5 Å². The van der Waals surface area contributed by atoms with Crippen molar-refractivity contribution in [3.63, 3.8) is 0 Å². The number of benzene rings is 1. The van der Waals surface area contributed by atoms with Gasteiger partial charge in [0.25, 0.3) is 0 Å². The van der Waals surface area contributed by atoms with Crippen molar-refractivity contribution in [1.29, 1.82) is 0 Å². The largest absolute Gasteiger partial charge is 0.496 e. The third-order valence-corrected chi connectivity index (χ3v) is 4.29. The highest BCUT2D eigenvalue weighted by atomic mass is 35.5. The summed E-state index contributed by atoms with van der Waals surface area (Å²) in [5.41, 5.74) is 7.18. The molecule has 0 amide bonds. The van der Waals surface area contributed by atoms with E-state index >= 15 is 0 Å². The second kappa shape index (κ2) is 5.93. The third-order valence-electron chi connectivity index (χ3n) is 2.67. The highest BCUT2D eigenvalue weighted by Crippen LogP contribution is 2.33. The van der Waals surface area contributed by atoms with E-state index in [1.54, 1.807) is 24.5 Å². The Morgan fingerprint density at radius 3 is 2.78 bits per heavy atom. The van der Waals surface area contributed by atoms with Crippen LogP contribution in [0, 0.1) is 0 Å². The normalized spacial score (nSPS) is 12.4. The molecule has 0 bridgehead atoms. The van der Waals surface area contributed by atoms with E-state index in [1.165, 1.54) is 0 Å². The van der Waals surface area contributed by atoms with Gasteiger partial charge in [-0.2, -0.15) is 0 Å². The van der Waals surface area contributed by atoms with Crippen LogP contribution in [0.1, 0.15) is 16.5 Å². The summed E-state index contributed by atoms with van der Waals surface area (Å²) in [6, 6.07) is 7.25. The molecule has 1 aromatic heterocycles. The quantitative estimate of drug-likeness (QED) is 0.913. The molecule has 0 spiro atoms. The molecule has 0 radical (unpaired) electrons. The zero-order valence-corrected chi connectivity index (χ0v) is 12.1. The summed E-state index contributed by atoms with van der Waals surface area (Å²) >= 11 is 13.6. The molecule has 2 N–H and O–H groups in total. The SMILES string of the molecule is COc1ccsc1C(N)Cc1ccc(Cl)cc1Cl. The third kappa shape index (κ3) is 2.98. The molecule has 2 nitrogen and oxygen atoms in total. The van der Waals surface area contributed by atoms with Gasteiger partial charge >= 0.3 is 0 Å². The monoisotopic (exact) mass is 301 g/mol. The summed E-state index contributed by atoms with van der Waals surface area (Å²) in [5.74, 6) is 0.831. The Kier molecular flexibility index (Phi) is 4.51. The molecule has 1 heterocycles. The number of hydrogen-bond donors (Lipinski definition) is 1. The first kappa shape index (κ1) is 13.7. The van der Waals surface area contributed by atoms with Crippen molar-refractivity contribution in [2.24, 2.45) is 5.73 Å². The average molecular weight is 302 g/mol. The van der Waals surface area contributed by atoms with Crippen LogP contribution in [0.15, 0.2) is 29.6 Å². The van der Waals surface area contributed by atoms with Crippen molar-refractivity contribution in [1.82, 2.24) is 0 Å². The van der Waals surface area contributed by atoms with Crippen LogP contribution >= 0.6 is 34.5 Å².